The Balaban J connectivity index is 2.57. The summed E-state index contributed by atoms with van der Waals surface area (Å²) in [6, 6.07) is 3.75. The molecule has 4 nitrogen and oxygen atoms in total. The molecule has 0 bridgehead atoms. The highest BCUT2D eigenvalue weighted by molar-refractivity contribution is 7.91. The van der Waals surface area contributed by atoms with Crippen LogP contribution in [0.4, 0.5) is 0 Å². The minimum atomic E-state index is -3.28. The molecule has 0 atom stereocenters. The van der Waals surface area contributed by atoms with Crippen LogP contribution < -0.4 is 5.32 Å². The quantitative estimate of drug-likeness (QED) is 0.842. The molecule has 1 heterocycles. The highest BCUT2D eigenvalue weighted by atomic mass is 32.2. The van der Waals surface area contributed by atoms with E-state index in [1.54, 1.807) is 24.6 Å². The molecule has 0 spiro atoms. The molecule has 1 aromatic heterocycles. The Bertz CT molecular complexity index is 398. The summed E-state index contributed by atoms with van der Waals surface area (Å²) in [5.41, 5.74) is 0. The van der Waals surface area contributed by atoms with Crippen molar-refractivity contribution in [2.45, 2.75) is 24.1 Å². The van der Waals surface area contributed by atoms with Crippen LogP contribution in [0.25, 0.3) is 0 Å². The average molecular weight is 262 g/mol. The van der Waals surface area contributed by atoms with Gasteiger partial charge < -0.3 is 5.32 Å². The first-order valence-electron chi connectivity index (χ1n) is 5.18. The Hall–Kier alpha value is -0.430. The van der Waals surface area contributed by atoms with Gasteiger partial charge in [-0.05, 0) is 11.4 Å². The molecule has 0 aliphatic heterocycles. The Kier molecular flexibility index (Phi) is 4.91. The number of sulfonamides is 1. The summed E-state index contributed by atoms with van der Waals surface area (Å²) in [4.78, 5) is 0. The van der Waals surface area contributed by atoms with Crippen molar-refractivity contribution in [3.05, 3.63) is 17.5 Å². The van der Waals surface area contributed by atoms with Gasteiger partial charge in [0.25, 0.3) is 10.0 Å². The fourth-order valence-electron chi connectivity index (χ4n) is 1.19. The van der Waals surface area contributed by atoms with Crippen molar-refractivity contribution in [2.24, 2.45) is 0 Å². The Morgan fingerprint density at radius 1 is 1.50 bits per heavy atom. The summed E-state index contributed by atoms with van der Waals surface area (Å²) in [6.07, 6.45) is 0. The van der Waals surface area contributed by atoms with Crippen molar-refractivity contribution < 1.29 is 8.42 Å². The van der Waals surface area contributed by atoms with E-state index in [2.05, 4.69) is 5.32 Å². The number of hydrogen-bond donors (Lipinski definition) is 1. The zero-order valence-corrected chi connectivity index (χ0v) is 11.4. The maximum Gasteiger partial charge on any atom is 0.252 e. The van der Waals surface area contributed by atoms with Crippen LogP contribution in [0.2, 0.25) is 0 Å². The molecule has 92 valence electrons. The minimum absolute atomic E-state index is 0.373. The van der Waals surface area contributed by atoms with Crippen LogP contribution in [0.1, 0.15) is 13.8 Å². The molecule has 0 aliphatic carbocycles. The van der Waals surface area contributed by atoms with Gasteiger partial charge in [-0.15, -0.1) is 11.3 Å². The molecule has 0 saturated heterocycles. The summed E-state index contributed by atoms with van der Waals surface area (Å²) < 4.78 is 25.7. The Labute approximate surface area is 101 Å². The normalized spacial score (nSPS) is 12.6. The molecular formula is C10H18N2O2S2. The number of thiophene rings is 1. The fraction of sp³-hybridized carbons (Fsp3) is 0.600. The van der Waals surface area contributed by atoms with E-state index in [-0.39, 0.29) is 0 Å². The summed E-state index contributed by atoms with van der Waals surface area (Å²) in [6.45, 7) is 5.22. The van der Waals surface area contributed by atoms with Crippen LogP contribution in [0.15, 0.2) is 21.7 Å². The number of rotatable bonds is 6. The second kappa shape index (κ2) is 5.77. The van der Waals surface area contributed by atoms with E-state index >= 15 is 0 Å². The molecule has 6 heteroatoms. The molecule has 1 N–H and O–H groups in total. The molecule has 0 aromatic carbocycles. The summed E-state index contributed by atoms with van der Waals surface area (Å²) >= 11 is 1.25. The van der Waals surface area contributed by atoms with E-state index in [4.69, 9.17) is 0 Å². The van der Waals surface area contributed by atoms with E-state index in [0.29, 0.717) is 23.3 Å². The Morgan fingerprint density at radius 3 is 2.69 bits per heavy atom. The van der Waals surface area contributed by atoms with Gasteiger partial charge in [0.05, 0.1) is 0 Å². The van der Waals surface area contributed by atoms with Crippen LogP contribution in [-0.2, 0) is 10.0 Å². The van der Waals surface area contributed by atoms with Crippen LogP contribution in [0, 0.1) is 0 Å². The van der Waals surface area contributed by atoms with E-state index in [0.717, 1.165) is 0 Å². The van der Waals surface area contributed by atoms with E-state index < -0.39 is 10.0 Å². The monoisotopic (exact) mass is 262 g/mol. The molecule has 0 saturated carbocycles. The Morgan fingerprint density at radius 2 is 2.19 bits per heavy atom. The molecule has 0 fully saturated rings. The van der Waals surface area contributed by atoms with Crippen LogP contribution >= 0.6 is 11.3 Å². The topological polar surface area (TPSA) is 49.4 Å². The zero-order valence-electron chi connectivity index (χ0n) is 9.80. The van der Waals surface area contributed by atoms with Crippen molar-refractivity contribution in [2.75, 3.05) is 20.1 Å². The number of hydrogen-bond acceptors (Lipinski definition) is 4. The van der Waals surface area contributed by atoms with E-state index in [1.165, 1.54) is 15.6 Å². The fourth-order valence-corrected chi connectivity index (χ4v) is 3.57. The first kappa shape index (κ1) is 13.6. The largest absolute Gasteiger partial charge is 0.313 e. The van der Waals surface area contributed by atoms with Gasteiger partial charge in [0.2, 0.25) is 0 Å². The smallest absolute Gasteiger partial charge is 0.252 e. The number of nitrogens with zero attached hydrogens (tertiary/aromatic N) is 1. The predicted octanol–water partition coefficient (Wildman–Crippen LogP) is 1.37. The first-order chi connectivity index (χ1) is 7.44. The highest BCUT2D eigenvalue weighted by Gasteiger charge is 2.20. The molecule has 1 rings (SSSR count). The maximum atomic E-state index is 12.0. The summed E-state index contributed by atoms with van der Waals surface area (Å²) in [5.74, 6) is 0. The van der Waals surface area contributed by atoms with Crippen LogP contribution in [-0.4, -0.2) is 38.9 Å². The van der Waals surface area contributed by atoms with Gasteiger partial charge in [-0.25, -0.2) is 8.42 Å². The molecule has 0 radical (unpaired) electrons. The summed E-state index contributed by atoms with van der Waals surface area (Å²) in [7, 11) is -1.67. The highest BCUT2D eigenvalue weighted by Crippen LogP contribution is 2.19. The lowest BCUT2D eigenvalue weighted by Gasteiger charge is -2.17. The molecule has 0 aliphatic rings. The van der Waals surface area contributed by atoms with Gasteiger partial charge in [-0.3, -0.25) is 0 Å². The number of nitrogens with one attached hydrogen (secondary N) is 1. The van der Waals surface area contributed by atoms with Gasteiger partial charge in [0.1, 0.15) is 4.21 Å². The van der Waals surface area contributed by atoms with E-state index in [1.807, 2.05) is 13.8 Å². The van der Waals surface area contributed by atoms with E-state index in [9.17, 15) is 8.42 Å². The first-order valence-corrected chi connectivity index (χ1v) is 7.50. The minimum Gasteiger partial charge on any atom is -0.313 e. The van der Waals surface area contributed by atoms with Gasteiger partial charge in [-0.1, -0.05) is 19.9 Å². The molecule has 16 heavy (non-hydrogen) atoms. The van der Waals surface area contributed by atoms with Gasteiger partial charge in [0, 0.05) is 26.2 Å². The third kappa shape index (κ3) is 3.55. The molecular weight excluding hydrogens is 244 g/mol. The lowest BCUT2D eigenvalue weighted by molar-refractivity contribution is 0.448. The standard InChI is InChI=1S/C10H18N2O2S2/c1-9(2)11-6-7-12(3)16(13,14)10-5-4-8-15-10/h4-5,8-9,11H,6-7H2,1-3H3. The van der Waals surface area contributed by atoms with Gasteiger partial charge in [0.15, 0.2) is 0 Å². The second-order valence-corrected chi connectivity index (χ2v) is 7.09. The van der Waals surface area contributed by atoms with Crippen molar-refractivity contribution in [3.8, 4) is 0 Å². The third-order valence-electron chi connectivity index (χ3n) is 2.14. The molecule has 1 aromatic rings. The van der Waals surface area contributed by atoms with Crippen LogP contribution in [0.5, 0.6) is 0 Å². The molecule has 0 unspecified atom stereocenters. The lowest BCUT2D eigenvalue weighted by Crippen LogP contribution is -2.35. The molecule has 0 amide bonds. The predicted molar refractivity (Wildman–Crippen MR) is 67.3 cm³/mol. The van der Waals surface area contributed by atoms with Gasteiger partial charge in [-0.2, -0.15) is 4.31 Å². The third-order valence-corrected chi connectivity index (χ3v) is 5.37. The van der Waals surface area contributed by atoms with Crippen molar-refractivity contribution in [1.82, 2.24) is 9.62 Å². The van der Waals surface area contributed by atoms with Gasteiger partial charge >= 0.3 is 0 Å². The second-order valence-electron chi connectivity index (χ2n) is 3.87. The van der Waals surface area contributed by atoms with Crippen molar-refractivity contribution in [3.63, 3.8) is 0 Å². The SMILES string of the molecule is CC(C)NCCN(C)S(=O)(=O)c1cccs1. The van der Waals surface area contributed by atoms with Crippen molar-refractivity contribution in [1.29, 1.82) is 0 Å². The number of likely N-dealkylation sites (N-methyl/N-ethyl adjacent to an activating group) is 1. The maximum absolute atomic E-state index is 12.0. The lowest BCUT2D eigenvalue weighted by atomic mass is 10.4. The van der Waals surface area contributed by atoms with Crippen molar-refractivity contribution >= 4 is 21.4 Å². The average Bonchev–Trinajstić information content (AvgIpc) is 2.69. The zero-order chi connectivity index (χ0) is 12.2. The summed E-state index contributed by atoms with van der Waals surface area (Å²) in [5, 5.41) is 4.96. The van der Waals surface area contributed by atoms with Crippen LogP contribution in [0.3, 0.4) is 0 Å².